The van der Waals surface area contributed by atoms with Crippen LogP contribution in [-0.4, -0.2) is 81.0 Å². The number of ether oxygens (including phenoxy) is 1. The monoisotopic (exact) mass is 473 g/mol. The third-order valence-electron chi connectivity index (χ3n) is 4.56. The Balaban J connectivity index is 1.67. The van der Waals surface area contributed by atoms with Gasteiger partial charge in [0.1, 0.15) is 30.2 Å². The molecule has 0 radical (unpaired) electrons. The van der Waals surface area contributed by atoms with E-state index in [1.165, 1.54) is 10.9 Å². The number of nitrogens with zero attached hydrogens (tertiary/aromatic N) is 5. The lowest BCUT2D eigenvalue weighted by Crippen LogP contribution is -2.41. The Morgan fingerprint density at radius 2 is 2.03 bits per heavy atom. The molecule has 3 heterocycles. The average Bonchev–Trinajstić information content (AvgIpc) is 3.27. The summed E-state index contributed by atoms with van der Waals surface area (Å²) in [5.41, 5.74) is 11.5. The van der Waals surface area contributed by atoms with Gasteiger partial charge in [0.25, 0.3) is 0 Å². The predicted molar refractivity (Wildman–Crippen MR) is 100 cm³/mol. The van der Waals surface area contributed by atoms with Crippen LogP contribution in [0.5, 0.6) is 0 Å². The van der Waals surface area contributed by atoms with Crippen LogP contribution in [0.3, 0.4) is 0 Å². The van der Waals surface area contributed by atoms with Crippen molar-refractivity contribution in [3.8, 4) is 0 Å². The molecule has 176 valence electrons. The minimum atomic E-state index is -4.80. The Morgan fingerprint density at radius 1 is 1.31 bits per heavy atom. The number of rotatable bonds is 9. The average molecular weight is 473 g/mol. The quantitative estimate of drug-likeness (QED) is 0.196. The fourth-order valence-electron chi connectivity index (χ4n) is 2.91. The lowest BCUT2D eigenvalue weighted by molar-refractivity contribution is -0.305. The molecule has 2 aromatic heterocycles. The molecule has 0 aromatic carbocycles. The fourth-order valence-corrected chi connectivity index (χ4v) is 3.62. The minimum Gasteiger partial charge on any atom is -0.860 e. The molecule has 0 spiro atoms. The van der Waals surface area contributed by atoms with Gasteiger partial charge in [0.15, 0.2) is 17.7 Å². The molecule has 0 saturated carbocycles. The summed E-state index contributed by atoms with van der Waals surface area (Å²) >= 11 is 0. The molecule has 0 amide bonds. The van der Waals surface area contributed by atoms with Crippen molar-refractivity contribution in [1.29, 1.82) is 0 Å². The molecule has 6 N–H and O–H groups in total. The summed E-state index contributed by atoms with van der Waals surface area (Å²) in [7, 11) is -4.80. The number of aliphatic carboxylic acids is 1. The third kappa shape index (κ3) is 5.09. The van der Waals surface area contributed by atoms with Crippen LogP contribution < -0.4 is 21.7 Å². The number of nitrogens with two attached hydrogens (primary N) is 2. The summed E-state index contributed by atoms with van der Waals surface area (Å²) in [4.78, 5) is 22.2. The maximum Gasteiger partial charge on any atom is 0.380 e. The number of aliphatic hydroxyl groups excluding tert-OH is 2. The van der Waals surface area contributed by atoms with Crippen molar-refractivity contribution >= 4 is 39.2 Å². The molecule has 1 aliphatic rings. The lowest BCUT2D eigenvalue weighted by Gasteiger charge is -2.19. The molecule has 16 nitrogen and oxygen atoms in total. The number of carboxylic acid groups (broad SMARTS) is 1. The van der Waals surface area contributed by atoms with Gasteiger partial charge in [-0.3, -0.25) is 4.57 Å². The number of nitrogen functional groups attached to an aromatic ring is 1. The van der Waals surface area contributed by atoms with Crippen LogP contribution in [0.1, 0.15) is 19.1 Å². The molecule has 1 saturated heterocycles. The SMILES string of the molecule is Nc1ncnc2c1ncn2[C@@H]1O[C@H](COS(=O)(=O)/N=C(\[O-])[C@@H](N)CCC(=O)[O-])[C@@H](O)[C@H]1O. The summed E-state index contributed by atoms with van der Waals surface area (Å²) in [6.45, 7) is -0.800. The van der Waals surface area contributed by atoms with Gasteiger partial charge in [-0.2, -0.15) is 12.8 Å². The van der Waals surface area contributed by atoms with Crippen molar-refractivity contribution in [3.63, 3.8) is 0 Å². The van der Waals surface area contributed by atoms with Gasteiger partial charge in [0.2, 0.25) is 0 Å². The number of hydrogen-bond donors (Lipinski definition) is 4. The molecule has 5 atom stereocenters. The molecule has 17 heteroatoms. The van der Waals surface area contributed by atoms with Crippen LogP contribution in [0.25, 0.3) is 11.2 Å². The smallest absolute Gasteiger partial charge is 0.380 e. The van der Waals surface area contributed by atoms with Crippen molar-refractivity contribution in [2.24, 2.45) is 10.1 Å². The number of carboxylic acids is 1. The summed E-state index contributed by atoms with van der Waals surface area (Å²) < 4.78 is 38.0. The van der Waals surface area contributed by atoms with Crippen LogP contribution in [-0.2, 0) is 24.0 Å². The second-order valence-corrected chi connectivity index (χ2v) is 8.06. The number of hydrogen-bond acceptors (Lipinski definition) is 14. The maximum atomic E-state index is 11.9. The third-order valence-corrected chi connectivity index (χ3v) is 5.40. The number of anilines is 1. The van der Waals surface area contributed by atoms with Gasteiger partial charge in [-0.15, -0.1) is 0 Å². The van der Waals surface area contributed by atoms with Crippen molar-refractivity contribution in [1.82, 2.24) is 19.5 Å². The van der Waals surface area contributed by atoms with Gasteiger partial charge in [0, 0.05) is 12.0 Å². The molecular weight excluding hydrogens is 454 g/mol. The van der Waals surface area contributed by atoms with E-state index in [2.05, 4.69) is 23.5 Å². The number of carbonyl (C=O) groups is 1. The molecule has 32 heavy (non-hydrogen) atoms. The topological polar surface area (TPSA) is 264 Å². The number of fused-ring (bicyclic) bond motifs is 1. The van der Waals surface area contributed by atoms with Crippen molar-refractivity contribution < 1.29 is 42.6 Å². The van der Waals surface area contributed by atoms with E-state index in [0.717, 1.165) is 6.33 Å². The van der Waals surface area contributed by atoms with E-state index < -0.39 is 65.8 Å². The first-order valence-corrected chi connectivity index (χ1v) is 10.4. The van der Waals surface area contributed by atoms with Crippen molar-refractivity contribution in [3.05, 3.63) is 12.7 Å². The van der Waals surface area contributed by atoms with E-state index in [0.29, 0.717) is 0 Å². The van der Waals surface area contributed by atoms with Crippen molar-refractivity contribution in [2.75, 3.05) is 12.3 Å². The fraction of sp³-hybridized carbons (Fsp3) is 0.533. The van der Waals surface area contributed by atoms with Crippen molar-refractivity contribution in [2.45, 2.75) is 43.4 Å². The zero-order valence-corrected chi connectivity index (χ0v) is 17.0. The van der Waals surface area contributed by atoms with E-state index in [4.69, 9.17) is 16.2 Å². The number of imidazole rings is 1. The summed E-state index contributed by atoms with van der Waals surface area (Å²) in [5.74, 6) is -2.70. The first kappa shape index (κ1) is 23.7. The van der Waals surface area contributed by atoms with E-state index in [9.17, 15) is 33.6 Å². The lowest BCUT2D eigenvalue weighted by atomic mass is 10.1. The molecule has 0 bridgehead atoms. The highest BCUT2D eigenvalue weighted by molar-refractivity contribution is 7.85. The van der Waals surface area contributed by atoms with Gasteiger partial charge in [-0.05, 0) is 18.7 Å². The standard InChI is InChI=1S/C15H21N7O9S/c16-6(1-2-8(23)24)14(27)21-32(28,29)30-3-7-10(25)11(26)15(31-7)22-5-20-9-12(17)18-4-19-13(9)22/h4-7,10-11,15,25-26H,1-3,16H2,(H,21,27)(H,23,24)(H2,17,18,19)/p-2/t6-,7+,10+,11+,15+/m0/s1. The van der Waals surface area contributed by atoms with Crippen LogP contribution in [0, 0.1) is 0 Å². The second-order valence-electron chi connectivity index (χ2n) is 6.79. The highest BCUT2D eigenvalue weighted by atomic mass is 32.2. The molecule has 0 unspecified atom stereocenters. The van der Waals surface area contributed by atoms with Gasteiger partial charge in [-0.1, -0.05) is 0 Å². The molecule has 1 fully saturated rings. The van der Waals surface area contributed by atoms with E-state index >= 15 is 0 Å². The molecular formula is C15H19N7O9S-2. The second kappa shape index (κ2) is 9.27. The van der Waals surface area contributed by atoms with E-state index in [1.54, 1.807) is 0 Å². The number of carbonyl (C=O) groups excluding carboxylic acids is 1. The van der Waals surface area contributed by atoms with Crippen LogP contribution in [0.4, 0.5) is 5.82 Å². The normalized spacial score (nSPS) is 25.3. The Hall–Kier alpha value is -2.96. The largest absolute Gasteiger partial charge is 0.860 e. The van der Waals surface area contributed by atoms with Gasteiger partial charge >= 0.3 is 10.3 Å². The Kier molecular flexibility index (Phi) is 6.86. The highest BCUT2D eigenvalue weighted by Crippen LogP contribution is 2.32. The summed E-state index contributed by atoms with van der Waals surface area (Å²) in [6, 6.07) is -1.49. The van der Waals surface area contributed by atoms with Gasteiger partial charge in [0.05, 0.1) is 12.9 Å². The molecule has 2 aromatic rings. The van der Waals surface area contributed by atoms with Crippen LogP contribution >= 0.6 is 0 Å². The summed E-state index contributed by atoms with van der Waals surface area (Å²) in [5, 5.41) is 42.7. The van der Waals surface area contributed by atoms with E-state index in [-0.39, 0.29) is 23.4 Å². The van der Waals surface area contributed by atoms with Gasteiger partial charge < -0.3 is 41.4 Å². The Bertz CT molecular complexity index is 1120. The first-order chi connectivity index (χ1) is 15.0. The van der Waals surface area contributed by atoms with Crippen LogP contribution in [0.2, 0.25) is 0 Å². The highest BCUT2D eigenvalue weighted by Gasteiger charge is 2.45. The minimum absolute atomic E-state index is 0.0804. The summed E-state index contributed by atoms with van der Waals surface area (Å²) in [6.07, 6.45) is -4.18. The zero-order valence-electron chi connectivity index (χ0n) is 16.2. The molecule has 3 rings (SSSR count). The molecule has 0 aliphatic carbocycles. The molecule has 1 aliphatic heterocycles. The Labute approximate surface area is 180 Å². The predicted octanol–water partition coefficient (Wildman–Crippen LogP) is -5.09. The zero-order chi connectivity index (χ0) is 23.6. The maximum absolute atomic E-state index is 11.9. The van der Waals surface area contributed by atoms with Crippen LogP contribution in [0.15, 0.2) is 17.1 Å². The number of aromatic nitrogens is 4. The first-order valence-electron chi connectivity index (χ1n) is 9.06. The van der Waals surface area contributed by atoms with Gasteiger partial charge in [-0.25, -0.2) is 19.1 Å². The number of aliphatic hydroxyl groups is 2. The Morgan fingerprint density at radius 3 is 2.72 bits per heavy atom. The van der Waals surface area contributed by atoms with E-state index in [1.807, 2.05) is 0 Å².